The highest BCUT2D eigenvalue weighted by molar-refractivity contribution is 7.45. The fourth-order valence-electron chi connectivity index (χ4n) is 7.06. The highest BCUT2D eigenvalue weighted by Gasteiger charge is 2.20. The Morgan fingerprint density at radius 3 is 2.16 bits per heavy atom. The van der Waals surface area contributed by atoms with E-state index in [1.54, 1.807) is 0 Å². The average molecular weight is 582 g/mol. The van der Waals surface area contributed by atoms with E-state index in [1.807, 2.05) is 22.7 Å². The van der Waals surface area contributed by atoms with Crippen LogP contribution < -0.4 is 0 Å². The lowest BCUT2D eigenvalue weighted by Crippen LogP contribution is -1.94. The zero-order valence-electron chi connectivity index (χ0n) is 23.0. The summed E-state index contributed by atoms with van der Waals surface area (Å²) in [5.41, 5.74) is 6.28. The molecule has 10 aromatic rings. The van der Waals surface area contributed by atoms with Crippen LogP contribution in [0.2, 0.25) is 0 Å². The predicted molar refractivity (Wildman–Crippen MR) is 190 cm³/mol. The van der Waals surface area contributed by atoms with Gasteiger partial charge in [0, 0.05) is 37.3 Å². The fraction of sp³-hybridized carbons (Fsp3) is 0. The van der Waals surface area contributed by atoms with E-state index in [1.165, 1.54) is 89.7 Å². The molecule has 0 unspecified atom stereocenters. The number of rotatable bonds is 2. The van der Waals surface area contributed by atoms with Crippen molar-refractivity contribution in [3.63, 3.8) is 0 Å². The summed E-state index contributed by atoms with van der Waals surface area (Å²) in [7, 11) is 0. The second kappa shape index (κ2) is 8.78. The SMILES string of the molecule is c1ccc2c(-c3ccc4cc(-n5c6ccccc6c6ccc7c(sc8sc9ccccc9c87)c65)ccc4c3)cccc2c1. The molecular formula is C40H23NS2. The highest BCUT2D eigenvalue weighted by Crippen LogP contribution is 2.48. The summed E-state index contributed by atoms with van der Waals surface area (Å²) in [4.78, 5) is 0. The minimum Gasteiger partial charge on any atom is -0.308 e. The second-order valence-electron chi connectivity index (χ2n) is 11.3. The van der Waals surface area contributed by atoms with Crippen LogP contribution >= 0.6 is 22.7 Å². The highest BCUT2D eigenvalue weighted by atomic mass is 32.2. The first-order valence-corrected chi connectivity index (χ1v) is 16.2. The molecule has 0 amide bonds. The number of hydrogen-bond acceptors (Lipinski definition) is 2. The summed E-state index contributed by atoms with van der Waals surface area (Å²) in [6, 6.07) is 51.4. The molecule has 7 aromatic carbocycles. The van der Waals surface area contributed by atoms with E-state index in [0.717, 1.165) is 0 Å². The monoisotopic (exact) mass is 581 g/mol. The Kier molecular flexibility index (Phi) is 4.81. The van der Waals surface area contributed by atoms with E-state index in [4.69, 9.17) is 0 Å². The van der Waals surface area contributed by atoms with Crippen LogP contribution in [0.4, 0.5) is 0 Å². The van der Waals surface area contributed by atoms with Gasteiger partial charge in [0.1, 0.15) is 0 Å². The van der Waals surface area contributed by atoms with Crippen molar-refractivity contribution in [3.05, 3.63) is 140 Å². The average Bonchev–Trinajstić information content (AvgIpc) is 3.72. The number of aromatic nitrogens is 1. The molecule has 200 valence electrons. The molecule has 43 heavy (non-hydrogen) atoms. The zero-order valence-corrected chi connectivity index (χ0v) is 24.7. The van der Waals surface area contributed by atoms with Gasteiger partial charge in [-0.2, -0.15) is 0 Å². The molecule has 0 saturated heterocycles. The minimum atomic E-state index is 1.20. The molecule has 0 aliphatic rings. The van der Waals surface area contributed by atoms with E-state index in [2.05, 4.69) is 144 Å². The van der Waals surface area contributed by atoms with Crippen molar-refractivity contribution in [1.82, 2.24) is 4.57 Å². The van der Waals surface area contributed by atoms with Gasteiger partial charge in [-0.25, -0.2) is 0 Å². The van der Waals surface area contributed by atoms with Gasteiger partial charge in [0.05, 0.1) is 19.7 Å². The third kappa shape index (κ3) is 3.32. The zero-order chi connectivity index (χ0) is 28.1. The van der Waals surface area contributed by atoms with E-state index < -0.39 is 0 Å². The van der Waals surface area contributed by atoms with E-state index in [0.29, 0.717) is 0 Å². The normalized spacial score (nSPS) is 12.2. The third-order valence-electron chi connectivity index (χ3n) is 9.00. The van der Waals surface area contributed by atoms with Crippen LogP contribution in [0.15, 0.2) is 140 Å². The molecule has 0 spiro atoms. The first-order valence-electron chi connectivity index (χ1n) is 14.6. The molecule has 3 heterocycles. The molecule has 0 bridgehead atoms. The number of nitrogens with zero attached hydrogens (tertiary/aromatic N) is 1. The lowest BCUT2D eigenvalue weighted by atomic mass is 9.96. The summed E-state index contributed by atoms with van der Waals surface area (Å²) >= 11 is 3.86. The predicted octanol–water partition coefficient (Wildman–Crippen LogP) is 12.3. The maximum absolute atomic E-state index is 2.49. The van der Waals surface area contributed by atoms with Crippen molar-refractivity contribution in [2.24, 2.45) is 0 Å². The van der Waals surface area contributed by atoms with Gasteiger partial charge in [-0.3, -0.25) is 0 Å². The minimum absolute atomic E-state index is 1.20. The molecule has 0 atom stereocenters. The molecule has 0 N–H and O–H groups in total. The summed E-state index contributed by atoms with van der Waals surface area (Å²) < 4.78 is 6.63. The molecule has 3 aromatic heterocycles. The van der Waals surface area contributed by atoms with Gasteiger partial charge in [-0.1, -0.05) is 109 Å². The van der Waals surface area contributed by atoms with Crippen LogP contribution in [0.25, 0.3) is 89.7 Å². The van der Waals surface area contributed by atoms with E-state index in [9.17, 15) is 0 Å². The molecule has 0 fully saturated rings. The fourth-order valence-corrected chi connectivity index (χ4v) is 9.77. The van der Waals surface area contributed by atoms with Crippen molar-refractivity contribution in [2.45, 2.75) is 0 Å². The van der Waals surface area contributed by atoms with Gasteiger partial charge in [0.25, 0.3) is 0 Å². The van der Waals surface area contributed by atoms with Crippen molar-refractivity contribution in [2.75, 3.05) is 0 Å². The summed E-state index contributed by atoms with van der Waals surface area (Å²) in [5.74, 6) is 0. The van der Waals surface area contributed by atoms with E-state index >= 15 is 0 Å². The number of para-hydroxylation sites is 1. The summed E-state index contributed by atoms with van der Waals surface area (Å²) in [6.07, 6.45) is 0. The van der Waals surface area contributed by atoms with Gasteiger partial charge in [-0.05, 0) is 63.0 Å². The molecule has 0 radical (unpaired) electrons. The number of thiophene rings is 2. The Bertz CT molecular complexity index is 2730. The number of hydrogen-bond donors (Lipinski definition) is 0. The molecule has 10 rings (SSSR count). The maximum atomic E-state index is 2.49. The van der Waals surface area contributed by atoms with Crippen LogP contribution in [-0.4, -0.2) is 4.57 Å². The lowest BCUT2D eigenvalue weighted by molar-refractivity contribution is 1.19. The van der Waals surface area contributed by atoms with Crippen LogP contribution in [0.1, 0.15) is 0 Å². The Morgan fingerprint density at radius 1 is 0.465 bits per heavy atom. The number of fused-ring (bicyclic) bond motifs is 11. The van der Waals surface area contributed by atoms with Crippen LogP contribution in [0, 0.1) is 0 Å². The maximum Gasteiger partial charge on any atom is 0.0891 e. The summed E-state index contributed by atoms with van der Waals surface area (Å²) in [6.45, 7) is 0. The largest absolute Gasteiger partial charge is 0.308 e. The van der Waals surface area contributed by atoms with Gasteiger partial charge >= 0.3 is 0 Å². The van der Waals surface area contributed by atoms with Gasteiger partial charge in [0.2, 0.25) is 0 Å². The third-order valence-corrected chi connectivity index (χ3v) is 11.5. The quantitative estimate of drug-likeness (QED) is 0.191. The van der Waals surface area contributed by atoms with Crippen molar-refractivity contribution in [1.29, 1.82) is 0 Å². The van der Waals surface area contributed by atoms with Crippen molar-refractivity contribution in [3.8, 4) is 16.8 Å². The summed E-state index contributed by atoms with van der Waals surface area (Å²) in [5, 5.41) is 11.8. The Morgan fingerprint density at radius 2 is 1.21 bits per heavy atom. The van der Waals surface area contributed by atoms with Crippen LogP contribution in [0.5, 0.6) is 0 Å². The van der Waals surface area contributed by atoms with Gasteiger partial charge < -0.3 is 4.57 Å². The molecule has 0 aliphatic heterocycles. The first kappa shape index (κ1) is 23.6. The second-order valence-corrected chi connectivity index (χ2v) is 13.7. The molecule has 0 saturated carbocycles. The topological polar surface area (TPSA) is 4.93 Å². The molecule has 3 heteroatoms. The van der Waals surface area contributed by atoms with E-state index in [-0.39, 0.29) is 0 Å². The molecule has 0 aliphatic carbocycles. The van der Waals surface area contributed by atoms with Crippen molar-refractivity contribution >= 4 is 95.6 Å². The van der Waals surface area contributed by atoms with Crippen molar-refractivity contribution < 1.29 is 0 Å². The first-order chi connectivity index (χ1) is 21.3. The molecular weight excluding hydrogens is 559 g/mol. The van der Waals surface area contributed by atoms with Crippen LogP contribution in [-0.2, 0) is 0 Å². The standard InChI is InChI=1S/C40H23NS2/c1-2-10-29-24(8-1)9-7-13-30(29)27-17-16-26-23-28(19-18-25(26)22-27)41-35-14-5-3-11-31(35)32-20-21-34-37-33-12-4-6-15-36(33)42-40(37)43-39(34)38(32)41/h1-23H. The Labute approximate surface area is 255 Å². The number of benzene rings is 7. The molecule has 1 nitrogen and oxygen atoms in total. The lowest BCUT2D eigenvalue weighted by Gasteiger charge is -2.12. The van der Waals surface area contributed by atoms with Gasteiger partial charge in [0.15, 0.2) is 0 Å². The van der Waals surface area contributed by atoms with Gasteiger partial charge in [-0.15, -0.1) is 22.7 Å². The Balaban J connectivity index is 1.22. The Hall–Kier alpha value is -4.96. The van der Waals surface area contributed by atoms with Crippen LogP contribution in [0.3, 0.4) is 0 Å². The smallest absolute Gasteiger partial charge is 0.0891 e.